The third kappa shape index (κ3) is 2.38. The Balaban J connectivity index is 2.39. The maximum atomic E-state index is 11.0. The van der Waals surface area contributed by atoms with Crippen LogP contribution >= 0.6 is 11.6 Å². The van der Waals surface area contributed by atoms with Gasteiger partial charge in [-0.1, -0.05) is 37.6 Å². The fourth-order valence-electron chi connectivity index (χ4n) is 1.63. The zero-order valence-corrected chi connectivity index (χ0v) is 11.0. The number of nitrogens with zero attached hydrogens (tertiary/aromatic N) is 1. The van der Waals surface area contributed by atoms with Crippen molar-refractivity contribution in [2.45, 2.75) is 19.8 Å². The van der Waals surface area contributed by atoms with Crippen molar-refractivity contribution in [3.05, 3.63) is 40.8 Å². The molecule has 1 aromatic carbocycles. The Bertz CT molecular complexity index is 572. The molecular formula is C13H14ClN3O. The molecule has 1 heterocycles. The number of nitrogens with one attached hydrogen (secondary N) is 1. The Labute approximate surface area is 110 Å². The number of halogens is 1. The van der Waals surface area contributed by atoms with Gasteiger partial charge in [-0.3, -0.25) is 4.79 Å². The highest BCUT2D eigenvalue weighted by atomic mass is 35.5. The highest BCUT2D eigenvalue weighted by Gasteiger charge is 2.12. The Hall–Kier alpha value is -1.81. The first-order chi connectivity index (χ1) is 8.49. The number of rotatable bonds is 3. The second-order valence-corrected chi connectivity index (χ2v) is 4.76. The number of nitrogens with two attached hydrogens (primary N) is 1. The Morgan fingerprint density at radius 3 is 2.39 bits per heavy atom. The average molecular weight is 264 g/mol. The van der Waals surface area contributed by atoms with Gasteiger partial charge in [0.1, 0.15) is 16.7 Å². The number of H-pyrrole nitrogens is 1. The van der Waals surface area contributed by atoms with Crippen molar-refractivity contribution in [1.29, 1.82) is 0 Å². The Morgan fingerprint density at radius 2 is 1.94 bits per heavy atom. The van der Waals surface area contributed by atoms with Crippen molar-refractivity contribution in [1.82, 2.24) is 9.97 Å². The smallest absolute Gasteiger partial charge is 0.248 e. The summed E-state index contributed by atoms with van der Waals surface area (Å²) in [6, 6.07) is 6.90. The molecule has 2 rings (SSSR count). The van der Waals surface area contributed by atoms with Crippen LogP contribution in [-0.4, -0.2) is 15.9 Å². The number of aromatic nitrogens is 2. The average Bonchev–Trinajstić information content (AvgIpc) is 2.71. The lowest BCUT2D eigenvalue weighted by molar-refractivity contribution is 0.100. The monoisotopic (exact) mass is 263 g/mol. The van der Waals surface area contributed by atoms with E-state index in [-0.39, 0.29) is 5.92 Å². The van der Waals surface area contributed by atoms with Crippen LogP contribution in [0.1, 0.15) is 35.9 Å². The van der Waals surface area contributed by atoms with Crippen LogP contribution in [0.25, 0.3) is 11.3 Å². The largest absolute Gasteiger partial charge is 0.366 e. The molecule has 0 saturated heterocycles. The molecule has 0 aliphatic rings. The first kappa shape index (κ1) is 12.6. The molecule has 0 unspecified atom stereocenters. The summed E-state index contributed by atoms with van der Waals surface area (Å²) in [6.07, 6.45) is 0. The van der Waals surface area contributed by atoms with E-state index in [1.165, 1.54) is 0 Å². The van der Waals surface area contributed by atoms with Crippen LogP contribution in [0.15, 0.2) is 24.3 Å². The number of aromatic amines is 1. The summed E-state index contributed by atoms with van der Waals surface area (Å²) >= 11 is 6.12. The van der Waals surface area contributed by atoms with E-state index in [1.807, 2.05) is 13.8 Å². The summed E-state index contributed by atoms with van der Waals surface area (Å²) < 4.78 is 0. The summed E-state index contributed by atoms with van der Waals surface area (Å²) in [5.41, 5.74) is 7.20. The molecule has 1 aromatic heterocycles. The zero-order valence-electron chi connectivity index (χ0n) is 10.2. The number of hydrogen-bond acceptors (Lipinski definition) is 2. The SMILES string of the molecule is CC(C)c1nc(-c2ccc(C(N)=O)cc2)c(Cl)[nH]1. The highest BCUT2D eigenvalue weighted by molar-refractivity contribution is 6.31. The maximum absolute atomic E-state index is 11.0. The molecular weight excluding hydrogens is 250 g/mol. The molecule has 0 fully saturated rings. The van der Waals surface area contributed by atoms with Crippen LogP contribution < -0.4 is 5.73 Å². The number of benzene rings is 1. The van der Waals surface area contributed by atoms with Crippen LogP contribution in [0, 0.1) is 0 Å². The summed E-state index contributed by atoms with van der Waals surface area (Å²) in [5.74, 6) is 0.674. The Morgan fingerprint density at radius 1 is 1.33 bits per heavy atom. The van der Waals surface area contributed by atoms with E-state index in [9.17, 15) is 4.79 Å². The van der Waals surface area contributed by atoms with Crippen LogP contribution in [-0.2, 0) is 0 Å². The normalized spacial score (nSPS) is 10.9. The molecule has 0 aliphatic heterocycles. The fourth-order valence-corrected chi connectivity index (χ4v) is 1.87. The van der Waals surface area contributed by atoms with Gasteiger partial charge in [0.15, 0.2) is 0 Å². The molecule has 0 radical (unpaired) electrons. The van der Waals surface area contributed by atoms with E-state index in [2.05, 4.69) is 9.97 Å². The Kier molecular flexibility index (Phi) is 3.39. The van der Waals surface area contributed by atoms with Crippen molar-refractivity contribution in [3.8, 4) is 11.3 Å². The topological polar surface area (TPSA) is 71.8 Å². The van der Waals surface area contributed by atoms with E-state index in [0.29, 0.717) is 16.4 Å². The first-order valence-corrected chi connectivity index (χ1v) is 6.02. The minimum Gasteiger partial charge on any atom is -0.366 e. The lowest BCUT2D eigenvalue weighted by atomic mass is 10.1. The third-order valence-electron chi connectivity index (χ3n) is 2.67. The summed E-state index contributed by atoms with van der Waals surface area (Å²) in [6.45, 7) is 4.07. The van der Waals surface area contributed by atoms with Gasteiger partial charge in [0.25, 0.3) is 0 Å². The van der Waals surface area contributed by atoms with Crippen LogP contribution in [0.5, 0.6) is 0 Å². The maximum Gasteiger partial charge on any atom is 0.248 e. The minimum atomic E-state index is -0.447. The first-order valence-electron chi connectivity index (χ1n) is 5.64. The fraction of sp³-hybridized carbons (Fsp3) is 0.231. The van der Waals surface area contributed by atoms with Crippen molar-refractivity contribution >= 4 is 17.5 Å². The van der Waals surface area contributed by atoms with Gasteiger partial charge < -0.3 is 10.7 Å². The van der Waals surface area contributed by atoms with E-state index < -0.39 is 5.91 Å². The molecule has 18 heavy (non-hydrogen) atoms. The number of primary amides is 1. The van der Waals surface area contributed by atoms with Gasteiger partial charge in [-0.2, -0.15) is 0 Å². The highest BCUT2D eigenvalue weighted by Crippen LogP contribution is 2.27. The lowest BCUT2D eigenvalue weighted by Crippen LogP contribution is -2.10. The molecule has 5 heteroatoms. The third-order valence-corrected chi connectivity index (χ3v) is 2.94. The molecule has 2 aromatic rings. The van der Waals surface area contributed by atoms with E-state index in [4.69, 9.17) is 17.3 Å². The quantitative estimate of drug-likeness (QED) is 0.894. The molecule has 0 saturated carbocycles. The van der Waals surface area contributed by atoms with Crippen molar-refractivity contribution in [2.75, 3.05) is 0 Å². The van der Waals surface area contributed by atoms with Crippen LogP contribution in [0.3, 0.4) is 0 Å². The van der Waals surface area contributed by atoms with Crippen molar-refractivity contribution in [3.63, 3.8) is 0 Å². The summed E-state index contributed by atoms with van der Waals surface area (Å²) in [7, 11) is 0. The molecule has 0 bridgehead atoms. The standard InChI is InChI=1S/C13H14ClN3O/c1-7(2)13-16-10(11(14)17-13)8-3-5-9(6-4-8)12(15)18/h3-7H,1-2H3,(H2,15,18)(H,16,17). The second kappa shape index (κ2) is 4.82. The molecule has 94 valence electrons. The van der Waals surface area contributed by atoms with Gasteiger partial charge in [-0.05, 0) is 12.1 Å². The molecule has 4 nitrogen and oxygen atoms in total. The predicted octanol–water partition coefficient (Wildman–Crippen LogP) is 2.95. The number of imidazole rings is 1. The zero-order chi connectivity index (χ0) is 13.3. The van der Waals surface area contributed by atoms with Gasteiger partial charge in [0.05, 0.1) is 0 Å². The second-order valence-electron chi connectivity index (χ2n) is 4.38. The van der Waals surface area contributed by atoms with Gasteiger partial charge in [-0.15, -0.1) is 0 Å². The number of carbonyl (C=O) groups is 1. The van der Waals surface area contributed by atoms with E-state index >= 15 is 0 Å². The van der Waals surface area contributed by atoms with Crippen LogP contribution in [0.4, 0.5) is 0 Å². The minimum absolute atomic E-state index is 0.279. The number of hydrogen-bond donors (Lipinski definition) is 2. The van der Waals surface area contributed by atoms with Crippen molar-refractivity contribution in [2.24, 2.45) is 5.73 Å². The van der Waals surface area contributed by atoms with E-state index in [1.54, 1.807) is 24.3 Å². The van der Waals surface area contributed by atoms with Crippen molar-refractivity contribution < 1.29 is 4.79 Å². The van der Waals surface area contributed by atoms with Gasteiger partial charge in [-0.25, -0.2) is 4.98 Å². The van der Waals surface area contributed by atoms with E-state index in [0.717, 1.165) is 11.4 Å². The summed E-state index contributed by atoms with van der Waals surface area (Å²) in [4.78, 5) is 18.5. The summed E-state index contributed by atoms with van der Waals surface area (Å²) in [5, 5.41) is 0.505. The van der Waals surface area contributed by atoms with Gasteiger partial charge in [0, 0.05) is 17.0 Å². The molecule has 1 amide bonds. The molecule has 0 spiro atoms. The predicted molar refractivity (Wildman–Crippen MR) is 71.6 cm³/mol. The van der Waals surface area contributed by atoms with Crippen LogP contribution in [0.2, 0.25) is 5.15 Å². The van der Waals surface area contributed by atoms with Gasteiger partial charge >= 0.3 is 0 Å². The number of carbonyl (C=O) groups excluding carboxylic acids is 1. The number of amides is 1. The molecule has 3 N–H and O–H groups in total. The molecule has 0 atom stereocenters. The molecule has 0 aliphatic carbocycles. The lowest BCUT2D eigenvalue weighted by Gasteiger charge is -1.99. The van der Waals surface area contributed by atoms with Gasteiger partial charge in [0.2, 0.25) is 5.91 Å².